The highest BCUT2D eigenvalue weighted by molar-refractivity contribution is 5.85. The smallest absolute Gasteiger partial charge is 0.228 e. The van der Waals surface area contributed by atoms with Gasteiger partial charge in [0.15, 0.2) is 0 Å². The van der Waals surface area contributed by atoms with Gasteiger partial charge in [-0.05, 0) is 18.4 Å². The van der Waals surface area contributed by atoms with E-state index >= 15 is 0 Å². The molecule has 19 heavy (non-hydrogen) atoms. The number of rotatable bonds is 6. The van der Waals surface area contributed by atoms with E-state index in [1.165, 1.54) is 0 Å². The van der Waals surface area contributed by atoms with E-state index in [1.54, 1.807) is 11.1 Å². The number of aromatic nitrogens is 2. The molecule has 0 fully saturated rings. The van der Waals surface area contributed by atoms with Crippen LogP contribution in [0.1, 0.15) is 26.0 Å². The lowest BCUT2D eigenvalue weighted by molar-refractivity contribution is -0.129. The van der Waals surface area contributed by atoms with Crippen LogP contribution in [0.4, 0.5) is 0 Å². The lowest BCUT2D eigenvalue weighted by atomic mass is 10.0. The highest BCUT2D eigenvalue weighted by Gasteiger charge is 2.13. The second-order valence-corrected chi connectivity index (χ2v) is 4.77. The maximum Gasteiger partial charge on any atom is 0.228 e. The van der Waals surface area contributed by atoms with Crippen molar-refractivity contribution in [3.8, 4) is 0 Å². The zero-order valence-electron chi connectivity index (χ0n) is 11.6. The number of amides is 1. The van der Waals surface area contributed by atoms with Gasteiger partial charge in [0.2, 0.25) is 5.91 Å². The Bertz CT molecular complexity index is 344. The third-order valence-electron chi connectivity index (χ3n) is 2.98. The minimum atomic E-state index is 0. The Morgan fingerprint density at radius 3 is 2.58 bits per heavy atom. The average molecular weight is 311 g/mol. The largest absolute Gasteiger partial charge is 0.345 e. The molecule has 1 aromatic rings. The fourth-order valence-electron chi connectivity index (χ4n) is 1.48. The summed E-state index contributed by atoms with van der Waals surface area (Å²) >= 11 is 0. The second-order valence-electron chi connectivity index (χ2n) is 4.77. The molecular weight excluding hydrogens is 287 g/mol. The van der Waals surface area contributed by atoms with Gasteiger partial charge in [-0.15, -0.1) is 24.8 Å². The van der Waals surface area contributed by atoms with Crippen LogP contribution < -0.4 is 5.73 Å². The van der Waals surface area contributed by atoms with Crippen molar-refractivity contribution >= 4 is 30.7 Å². The number of aromatic amines is 1. The monoisotopic (exact) mass is 310 g/mol. The quantitative estimate of drug-likeness (QED) is 0.838. The molecule has 0 spiro atoms. The van der Waals surface area contributed by atoms with Crippen LogP contribution in [0, 0.1) is 5.92 Å². The minimum Gasteiger partial charge on any atom is -0.345 e. The third-order valence-corrected chi connectivity index (χ3v) is 2.98. The molecule has 3 N–H and O–H groups in total. The van der Waals surface area contributed by atoms with Gasteiger partial charge in [-0.2, -0.15) is 5.10 Å². The molecule has 0 bridgehead atoms. The van der Waals surface area contributed by atoms with E-state index in [-0.39, 0.29) is 36.8 Å². The predicted octanol–water partition coefficient (Wildman–Crippen LogP) is 1.63. The average Bonchev–Trinajstić information content (AvgIpc) is 2.77. The summed E-state index contributed by atoms with van der Waals surface area (Å²) in [5, 5.41) is 6.60. The van der Waals surface area contributed by atoms with E-state index in [9.17, 15) is 4.79 Å². The summed E-state index contributed by atoms with van der Waals surface area (Å²) in [6, 6.07) is 1.96. The molecule has 0 aliphatic heterocycles. The fraction of sp³-hybridized carbons (Fsp3) is 0.667. The standard InChI is InChI=1S/C12H22N4O.2ClH/c1-9(2)11(13)5-7-16(3)12(17)8-10-4-6-14-15-10;;/h4,6,9,11H,5,7-8,13H2,1-3H3,(H,14,15);2*1H. The summed E-state index contributed by atoms with van der Waals surface area (Å²) in [5.74, 6) is 0.538. The van der Waals surface area contributed by atoms with Crippen molar-refractivity contribution in [2.75, 3.05) is 13.6 Å². The molecule has 0 saturated heterocycles. The van der Waals surface area contributed by atoms with E-state index < -0.39 is 0 Å². The van der Waals surface area contributed by atoms with E-state index in [0.29, 0.717) is 18.9 Å². The SMILES string of the molecule is CC(C)C(N)CCN(C)C(=O)Cc1ccn[nH]1.Cl.Cl. The topological polar surface area (TPSA) is 75.0 Å². The predicted molar refractivity (Wildman–Crippen MR) is 81.9 cm³/mol. The van der Waals surface area contributed by atoms with Gasteiger partial charge in [-0.1, -0.05) is 13.8 Å². The lowest BCUT2D eigenvalue weighted by Gasteiger charge is -2.21. The maximum atomic E-state index is 11.8. The highest BCUT2D eigenvalue weighted by atomic mass is 35.5. The van der Waals surface area contributed by atoms with Crippen molar-refractivity contribution < 1.29 is 4.79 Å². The van der Waals surface area contributed by atoms with Crippen molar-refractivity contribution in [1.82, 2.24) is 15.1 Å². The molecule has 1 atom stereocenters. The van der Waals surface area contributed by atoms with Gasteiger partial charge in [-0.3, -0.25) is 9.89 Å². The molecule has 1 aromatic heterocycles. The number of carbonyl (C=O) groups is 1. The molecular formula is C12H24Cl2N4O. The van der Waals surface area contributed by atoms with Crippen LogP contribution in [-0.2, 0) is 11.2 Å². The first-order valence-corrected chi connectivity index (χ1v) is 5.98. The van der Waals surface area contributed by atoms with Crippen LogP contribution in [0.25, 0.3) is 0 Å². The van der Waals surface area contributed by atoms with Crippen molar-refractivity contribution in [1.29, 1.82) is 0 Å². The first-order chi connectivity index (χ1) is 8.00. The third kappa shape index (κ3) is 7.40. The summed E-state index contributed by atoms with van der Waals surface area (Å²) in [6.07, 6.45) is 2.85. The number of nitrogens with two attached hydrogens (primary N) is 1. The van der Waals surface area contributed by atoms with Crippen LogP contribution >= 0.6 is 24.8 Å². The normalized spacial score (nSPS) is 11.4. The summed E-state index contributed by atoms with van der Waals surface area (Å²) in [6.45, 7) is 4.89. The molecule has 1 heterocycles. The number of hydrogen-bond donors (Lipinski definition) is 2. The Morgan fingerprint density at radius 2 is 2.11 bits per heavy atom. The van der Waals surface area contributed by atoms with Gasteiger partial charge in [0, 0.05) is 31.5 Å². The Morgan fingerprint density at radius 1 is 1.47 bits per heavy atom. The summed E-state index contributed by atoms with van der Waals surface area (Å²) in [7, 11) is 1.81. The minimum absolute atomic E-state index is 0. The number of carbonyl (C=O) groups excluding carboxylic acids is 1. The Kier molecular flexibility index (Phi) is 10.9. The molecule has 0 aliphatic rings. The number of hydrogen-bond acceptors (Lipinski definition) is 3. The van der Waals surface area contributed by atoms with E-state index in [2.05, 4.69) is 24.0 Å². The molecule has 0 saturated carbocycles. The van der Waals surface area contributed by atoms with E-state index in [0.717, 1.165) is 12.1 Å². The Labute approximate surface area is 127 Å². The first-order valence-electron chi connectivity index (χ1n) is 5.98. The molecule has 1 amide bonds. The molecule has 0 aromatic carbocycles. The lowest BCUT2D eigenvalue weighted by Crippen LogP contribution is -2.35. The van der Waals surface area contributed by atoms with E-state index in [4.69, 9.17) is 5.73 Å². The zero-order valence-corrected chi connectivity index (χ0v) is 13.3. The molecule has 112 valence electrons. The summed E-state index contributed by atoms with van der Waals surface area (Å²) in [4.78, 5) is 13.6. The van der Waals surface area contributed by atoms with Crippen LogP contribution in [0.2, 0.25) is 0 Å². The molecule has 5 nitrogen and oxygen atoms in total. The Balaban J connectivity index is 0. The summed E-state index contributed by atoms with van der Waals surface area (Å²) in [5.41, 5.74) is 6.79. The molecule has 0 radical (unpaired) electrons. The van der Waals surface area contributed by atoms with E-state index in [1.807, 2.05) is 13.1 Å². The summed E-state index contributed by atoms with van der Waals surface area (Å²) < 4.78 is 0. The molecule has 1 unspecified atom stereocenters. The van der Waals surface area contributed by atoms with Crippen molar-refractivity contribution in [2.45, 2.75) is 32.7 Å². The fourth-order valence-corrected chi connectivity index (χ4v) is 1.48. The van der Waals surface area contributed by atoms with Crippen LogP contribution in [-0.4, -0.2) is 40.6 Å². The zero-order chi connectivity index (χ0) is 12.8. The molecule has 0 aliphatic carbocycles. The van der Waals surface area contributed by atoms with Gasteiger partial charge in [0.1, 0.15) is 0 Å². The Hall–Kier alpha value is -0.780. The number of halogens is 2. The number of nitrogens with zero attached hydrogens (tertiary/aromatic N) is 2. The van der Waals surface area contributed by atoms with Crippen molar-refractivity contribution in [2.24, 2.45) is 11.7 Å². The van der Waals surface area contributed by atoms with Gasteiger partial charge in [0.05, 0.1) is 6.42 Å². The number of H-pyrrole nitrogens is 1. The first kappa shape index (κ1) is 20.5. The molecule has 1 rings (SSSR count). The molecule has 7 heteroatoms. The van der Waals surface area contributed by atoms with Crippen LogP contribution in [0.15, 0.2) is 12.3 Å². The second kappa shape index (κ2) is 10.1. The van der Waals surface area contributed by atoms with Gasteiger partial charge >= 0.3 is 0 Å². The van der Waals surface area contributed by atoms with Crippen molar-refractivity contribution in [3.63, 3.8) is 0 Å². The van der Waals surface area contributed by atoms with Crippen molar-refractivity contribution in [3.05, 3.63) is 18.0 Å². The van der Waals surface area contributed by atoms with Gasteiger partial charge in [0.25, 0.3) is 0 Å². The van der Waals surface area contributed by atoms with Crippen LogP contribution in [0.3, 0.4) is 0 Å². The highest BCUT2D eigenvalue weighted by Crippen LogP contribution is 2.04. The number of nitrogens with one attached hydrogen (secondary N) is 1. The number of likely N-dealkylation sites (N-methyl/N-ethyl adjacent to an activating group) is 1. The van der Waals surface area contributed by atoms with Crippen LogP contribution in [0.5, 0.6) is 0 Å². The van der Waals surface area contributed by atoms with Gasteiger partial charge in [-0.25, -0.2) is 0 Å². The maximum absolute atomic E-state index is 11.8. The van der Waals surface area contributed by atoms with Gasteiger partial charge < -0.3 is 10.6 Å².